The van der Waals surface area contributed by atoms with Crippen LogP contribution in [-0.2, 0) is 12.8 Å². The summed E-state index contributed by atoms with van der Waals surface area (Å²) < 4.78 is 6.56. The van der Waals surface area contributed by atoms with E-state index in [4.69, 9.17) is 14.7 Å². The number of aromatic nitrogens is 2. The van der Waals surface area contributed by atoms with Crippen LogP contribution in [0.15, 0.2) is 70.8 Å². The predicted molar refractivity (Wildman–Crippen MR) is 130 cm³/mol. The molecule has 0 fully saturated rings. The van der Waals surface area contributed by atoms with Crippen molar-refractivity contribution in [2.45, 2.75) is 32.6 Å². The maximum absolute atomic E-state index is 5.61. The van der Waals surface area contributed by atoms with Gasteiger partial charge in [-0.3, -0.25) is 0 Å². The first-order chi connectivity index (χ1) is 15.6. The molecule has 0 bridgehead atoms. The van der Waals surface area contributed by atoms with Crippen molar-refractivity contribution in [1.82, 2.24) is 9.97 Å². The lowest BCUT2D eigenvalue weighted by Crippen LogP contribution is -2.14. The van der Waals surface area contributed by atoms with E-state index in [9.17, 15) is 0 Å². The van der Waals surface area contributed by atoms with Gasteiger partial charge in [0.1, 0.15) is 10.4 Å². The minimum atomic E-state index is 0.611. The van der Waals surface area contributed by atoms with E-state index in [1.807, 2.05) is 18.3 Å². The molecule has 162 valence electrons. The predicted octanol–water partition coefficient (Wildman–Crippen LogP) is 5.60. The van der Waals surface area contributed by atoms with E-state index in [0.717, 1.165) is 52.4 Å². The van der Waals surface area contributed by atoms with Crippen molar-refractivity contribution in [3.8, 4) is 17.1 Å². The van der Waals surface area contributed by atoms with Gasteiger partial charge in [0, 0.05) is 35.4 Å². The standard InChI is InChI=1S/C26H26N4OS/c1-17-14-30(15-18(17)2)23-10-9-22(28-26(23)31-3)20-8-11-24(32-16-20)29-25-21-7-5-4-6-19(21)12-13-27-25/h8-13,15-16H,1,4-7,14H2,2-3H3. The van der Waals surface area contributed by atoms with E-state index >= 15 is 0 Å². The van der Waals surface area contributed by atoms with Crippen LogP contribution in [0.1, 0.15) is 30.9 Å². The molecule has 6 heteroatoms. The summed E-state index contributed by atoms with van der Waals surface area (Å²) in [7, 11) is 1.66. The maximum Gasteiger partial charge on any atom is 0.238 e. The van der Waals surface area contributed by atoms with Gasteiger partial charge in [0.15, 0.2) is 5.82 Å². The van der Waals surface area contributed by atoms with E-state index < -0.39 is 0 Å². The van der Waals surface area contributed by atoms with Crippen LogP contribution in [0.5, 0.6) is 5.88 Å². The van der Waals surface area contributed by atoms with Crippen molar-refractivity contribution in [1.29, 1.82) is 0 Å². The van der Waals surface area contributed by atoms with Crippen LogP contribution >= 0.6 is 11.3 Å². The quantitative estimate of drug-likeness (QED) is 0.527. The summed E-state index contributed by atoms with van der Waals surface area (Å²) >= 11 is 1.60. The highest BCUT2D eigenvalue weighted by molar-refractivity contribution is 7.07. The third-order valence-corrected chi connectivity index (χ3v) is 6.93. The van der Waals surface area contributed by atoms with Crippen LogP contribution in [0.4, 0.5) is 11.5 Å². The molecular weight excluding hydrogens is 416 g/mol. The third-order valence-electron chi connectivity index (χ3n) is 6.09. The van der Waals surface area contributed by atoms with Gasteiger partial charge in [0.25, 0.3) is 0 Å². The largest absolute Gasteiger partial charge is 0.479 e. The van der Waals surface area contributed by atoms with Gasteiger partial charge in [0.05, 0.1) is 12.8 Å². The average molecular weight is 443 g/mol. The van der Waals surface area contributed by atoms with Gasteiger partial charge in [-0.1, -0.05) is 6.58 Å². The summed E-state index contributed by atoms with van der Waals surface area (Å²) in [5.41, 5.74) is 7.88. The monoisotopic (exact) mass is 442 g/mol. The van der Waals surface area contributed by atoms with Crippen LogP contribution in [0.25, 0.3) is 11.3 Å². The smallest absolute Gasteiger partial charge is 0.238 e. The minimum absolute atomic E-state index is 0.611. The molecule has 3 aromatic heterocycles. The fourth-order valence-electron chi connectivity index (χ4n) is 4.24. The van der Waals surface area contributed by atoms with Crippen LogP contribution in [-0.4, -0.2) is 23.6 Å². The molecule has 0 spiro atoms. The SMILES string of the molecule is C=C1CN(c2ccc(-c3ccc(=Nc4nccc5c4CCCC5)sc3)nc2OC)C=C1C. The highest BCUT2D eigenvalue weighted by Gasteiger charge is 2.19. The number of fused-ring (bicyclic) bond motifs is 1. The average Bonchev–Trinajstić information content (AvgIpc) is 3.17. The molecule has 0 radical (unpaired) electrons. The van der Waals surface area contributed by atoms with E-state index in [1.54, 1.807) is 18.4 Å². The van der Waals surface area contributed by atoms with Crippen LogP contribution < -0.4 is 14.3 Å². The second-order valence-corrected chi connectivity index (χ2v) is 9.11. The topological polar surface area (TPSA) is 50.6 Å². The van der Waals surface area contributed by atoms with E-state index in [-0.39, 0.29) is 0 Å². The van der Waals surface area contributed by atoms with Crippen molar-refractivity contribution in [2.75, 3.05) is 18.6 Å². The van der Waals surface area contributed by atoms with Gasteiger partial charge < -0.3 is 9.64 Å². The van der Waals surface area contributed by atoms with E-state index in [0.29, 0.717) is 5.88 Å². The molecule has 1 aliphatic heterocycles. The highest BCUT2D eigenvalue weighted by Crippen LogP contribution is 2.34. The lowest BCUT2D eigenvalue weighted by Gasteiger charge is -2.18. The van der Waals surface area contributed by atoms with Crippen molar-refractivity contribution in [3.05, 3.63) is 81.6 Å². The molecule has 5 nitrogen and oxygen atoms in total. The summed E-state index contributed by atoms with van der Waals surface area (Å²) in [6.07, 6.45) is 8.65. The Balaban J connectivity index is 1.43. The molecule has 32 heavy (non-hydrogen) atoms. The summed E-state index contributed by atoms with van der Waals surface area (Å²) in [6.45, 7) is 6.95. The lowest BCUT2D eigenvalue weighted by molar-refractivity contribution is 0.399. The third kappa shape index (κ3) is 3.98. The van der Waals surface area contributed by atoms with Crippen LogP contribution in [0, 0.1) is 0 Å². The van der Waals surface area contributed by atoms with E-state index in [2.05, 4.69) is 53.2 Å². The molecule has 0 N–H and O–H groups in total. The molecule has 5 rings (SSSR count). The number of rotatable bonds is 4. The van der Waals surface area contributed by atoms with Crippen molar-refractivity contribution < 1.29 is 4.74 Å². The Labute approximate surface area is 192 Å². The molecule has 3 aromatic rings. The molecule has 0 unspecified atom stereocenters. The molecule has 0 amide bonds. The van der Waals surface area contributed by atoms with Gasteiger partial charge in [-0.25, -0.2) is 15.0 Å². The Bertz CT molecular complexity index is 1270. The normalized spacial score (nSPS) is 16.2. The summed E-state index contributed by atoms with van der Waals surface area (Å²) in [4.78, 5) is 16.3. The molecule has 1 aliphatic carbocycles. The molecule has 2 aliphatic rings. The number of ether oxygens (including phenoxy) is 1. The zero-order chi connectivity index (χ0) is 22.1. The summed E-state index contributed by atoms with van der Waals surface area (Å²) in [5, 5.41) is 2.09. The first-order valence-electron chi connectivity index (χ1n) is 10.9. The number of hydrogen-bond donors (Lipinski definition) is 0. The molecule has 0 atom stereocenters. The number of anilines is 1. The second-order valence-electron chi connectivity index (χ2n) is 8.22. The Morgan fingerprint density at radius 1 is 1.12 bits per heavy atom. The van der Waals surface area contributed by atoms with Crippen molar-refractivity contribution in [3.63, 3.8) is 0 Å². The number of nitrogens with zero attached hydrogens (tertiary/aromatic N) is 4. The first-order valence-corrected chi connectivity index (χ1v) is 11.8. The van der Waals surface area contributed by atoms with Gasteiger partial charge in [0.2, 0.25) is 5.88 Å². The zero-order valence-electron chi connectivity index (χ0n) is 18.5. The summed E-state index contributed by atoms with van der Waals surface area (Å²) in [6, 6.07) is 10.3. The Hall–Kier alpha value is -3.25. The first kappa shape index (κ1) is 20.6. The minimum Gasteiger partial charge on any atom is -0.479 e. The zero-order valence-corrected chi connectivity index (χ0v) is 19.3. The fraction of sp³-hybridized carbons (Fsp3) is 0.269. The number of hydrogen-bond acceptors (Lipinski definition) is 6. The Kier molecular flexibility index (Phi) is 5.62. The van der Waals surface area contributed by atoms with Crippen LogP contribution in [0.3, 0.4) is 0 Å². The second kappa shape index (κ2) is 8.71. The van der Waals surface area contributed by atoms with Gasteiger partial charge >= 0.3 is 0 Å². The number of pyridine rings is 2. The number of aryl methyl sites for hydroxylation is 1. The Morgan fingerprint density at radius 3 is 2.75 bits per heavy atom. The summed E-state index contributed by atoms with van der Waals surface area (Å²) in [5.74, 6) is 1.48. The fourth-order valence-corrected chi connectivity index (χ4v) is 4.97. The van der Waals surface area contributed by atoms with Gasteiger partial charge in [-0.15, -0.1) is 11.3 Å². The number of methoxy groups -OCH3 is 1. The molecular formula is C26H26N4OS. The maximum atomic E-state index is 5.61. The van der Waals surface area contributed by atoms with Crippen molar-refractivity contribution >= 4 is 22.8 Å². The van der Waals surface area contributed by atoms with Gasteiger partial charge in [-0.05, 0) is 79.6 Å². The molecule has 0 saturated carbocycles. The van der Waals surface area contributed by atoms with Crippen LogP contribution in [0.2, 0.25) is 0 Å². The highest BCUT2D eigenvalue weighted by atomic mass is 32.1. The molecule has 0 saturated heterocycles. The molecule has 4 heterocycles. The lowest BCUT2D eigenvalue weighted by atomic mass is 9.93. The van der Waals surface area contributed by atoms with Gasteiger partial charge in [-0.2, -0.15) is 0 Å². The van der Waals surface area contributed by atoms with E-state index in [1.165, 1.54) is 29.5 Å². The van der Waals surface area contributed by atoms with Crippen molar-refractivity contribution in [2.24, 2.45) is 4.99 Å². The Morgan fingerprint density at radius 2 is 2.00 bits per heavy atom. The molecule has 0 aromatic carbocycles.